The minimum atomic E-state index is -0.395. The fraction of sp³-hybridized carbons (Fsp3) is 0.111. The Morgan fingerprint density at radius 1 is 1.21 bits per heavy atom. The fourth-order valence-corrected chi connectivity index (χ4v) is 2.97. The standard InChI is InChI=1S/C18H15FN2O2S/c1-11-3-6-13(19)9-15(11)20-17(22)16-10-24-18(21-16)12-4-7-14(23-2)8-5-12/h3-10H,1-2H3,(H,20,22). The average molecular weight is 342 g/mol. The van der Waals surface area contributed by atoms with Crippen LogP contribution in [0.25, 0.3) is 10.6 Å². The van der Waals surface area contributed by atoms with Crippen LogP contribution in [0.1, 0.15) is 16.1 Å². The van der Waals surface area contributed by atoms with E-state index in [1.807, 2.05) is 24.3 Å². The Morgan fingerprint density at radius 3 is 2.67 bits per heavy atom. The Balaban J connectivity index is 1.79. The molecular formula is C18H15FN2O2S. The highest BCUT2D eigenvalue weighted by atomic mass is 32.1. The highest BCUT2D eigenvalue weighted by Gasteiger charge is 2.13. The van der Waals surface area contributed by atoms with Crippen molar-refractivity contribution in [3.8, 4) is 16.3 Å². The topological polar surface area (TPSA) is 51.2 Å². The van der Waals surface area contributed by atoms with Crippen molar-refractivity contribution in [2.45, 2.75) is 6.92 Å². The van der Waals surface area contributed by atoms with Gasteiger partial charge in [0, 0.05) is 16.6 Å². The second-order valence-electron chi connectivity index (χ2n) is 5.18. The van der Waals surface area contributed by atoms with Gasteiger partial charge in [-0.2, -0.15) is 0 Å². The zero-order chi connectivity index (χ0) is 17.1. The lowest BCUT2D eigenvalue weighted by atomic mass is 10.2. The minimum absolute atomic E-state index is 0.300. The molecule has 6 heteroatoms. The number of carbonyl (C=O) groups is 1. The Labute approximate surface area is 142 Å². The van der Waals surface area contributed by atoms with Crippen LogP contribution in [-0.4, -0.2) is 18.0 Å². The summed E-state index contributed by atoms with van der Waals surface area (Å²) >= 11 is 1.38. The van der Waals surface area contributed by atoms with Gasteiger partial charge in [-0.3, -0.25) is 4.79 Å². The molecule has 0 saturated carbocycles. The van der Waals surface area contributed by atoms with Gasteiger partial charge in [-0.1, -0.05) is 6.07 Å². The van der Waals surface area contributed by atoms with Crippen molar-refractivity contribution in [3.63, 3.8) is 0 Å². The molecule has 1 aromatic heterocycles. The lowest BCUT2D eigenvalue weighted by Gasteiger charge is -2.06. The Morgan fingerprint density at radius 2 is 1.96 bits per heavy atom. The van der Waals surface area contributed by atoms with Crippen LogP contribution < -0.4 is 10.1 Å². The van der Waals surface area contributed by atoms with Crippen LogP contribution in [0, 0.1) is 12.7 Å². The summed E-state index contributed by atoms with van der Waals surface area (Å²) in [5.41, 5.74) is 2.44. The lowest BCUT2D eigenvalue weighted by Crippen LogP contribution is -2.13. The maximum Gasteiger partial charge on any atom is 0.275 e. The largest absolute Gasteiger partial charge is 0.497 e. The van der Waals surface area contributed by atoms with E-state index in [0.717, 1.165) is 21.9 Å². The number of carbonyl (C=O) groups excluding carboxylic acids is 1. The van der Waals surface area contributed by atoms with Gasteiger partial charge in [-0.15, -0.1) is 11.3 Å². The number of hydrogen-bond donors (Lipinski definition) is 1. The second kappa shape index (κ2) is 6.80. The average Bonchev–Trinajstić information content (AvgIpc) is 3.08. The zero-order valence-corrected chi connectivity index (χ0v) is 14.0. The first-order valence-corrected chi connectivity index (χ1v) is 8.12. The van der Waals surface area contributed by atoms with Crippen molar-refractivity contribution < 1.29 is 13.9 Å². The van der Waals surface area contributed by atoms with Gasteiger partial charge in [0.1, 0.15) is 22.3 Å². The van der Waals surface area contributed by atoms with Crippen molar-refractivity contribution in [3.05, 3.63) is 64.9 Å². The van der Waals surface area contributed by atoms with Crippen LogP contribution in [0.3, 0.4) is 0 Å². The summed E-state index contributed by atoms with van der Waals surface area (Å²) in [6.07, 6.45) is 0. The molecule has 0 radical (unpaired) electrons. The number of aromatic nitrogens is 1. The van der Waals surface area contributed by atoms with Gasteiger partial charge < -0.3 is 10.1 Å². The van der Waals surface area contributed by atoms with Crippen LogP contribution in [0.4, 0.5) is 10.1 Å². The normalized spacial score (nSPS) is 10.5. The molecule has 0 bridgehead atoms. The number of nitrogens with one attached hydrogen (secondary N) is 1. The molecule has 0 aliphatic heterocycles. The third kappa shape index (κ3) is 3.44. The van der Waals surface area contributed by atoms with Crippen molar-refractivity contribution in [1.29, 1.82) is 0 Å². The van der Waals surface area contributed by atoms with Crippen LogP contribution in [0.5, 0.6) is 5.75 Å². The minimum Gasteiger partial charge on any atom is -0.497 e. The molecule has 3 aromatic rings. The smallest absolute Gasteiger partial charge is 0.275 e. The van der Waals surface area contributed by atoms with E-state index in [0.29, 0.717) is 11.4 Å². The molecule has 0 spiro atoms. The molecule has 1 heterocycles. The first-order valence-electron chi connectivity index (χ1n) is 7.24. The number of aryl methyl sites for hydroxylation is 1. The first kappa shape index (κ1) is 16.1. The van der Waals surface area contributed by atoms with Gasteiger partial charge >= 0.3 is 0 Å². The molecule has 24 heavy (non-hydrogen) atoms. The number of amides is 1. The number of methoxy groups -OCH3 is 1. The SMILES string of the molecule is COc1ccc(-c2nc(C(=O)Nc3cc(F)ccc3C)cs2)cc1. The van der Waals surface area contributed by atoms with E-state index in [9.17, 15) is 9.18 Å². The highest BCUT2D eigenvalue weighted by molar-refractivity contribution is 7.13. The lowest BCUT2D eigenvalue weighted by molar-refractivity contribution is 0.102. The van der Waals surface area contributed by atoms with E-state index in [2.05, 4.69) is 10.3 Å². The molecule has 0 aliphatic carbocycles. The molecule has 3 rings (SSSR count). The number of hydrogen-bond acceptors (Lipinski definition) is 4. The molecular weight excluding hydrogens is 327 g/mol. The van der Waals surface area contributed by atoms with E-state index in [1.165, 1.54) is 23.5 Å². The molecule has 0 aliphatic rings. The molecule has 4 nitrogen and oxygen atoms in total. The Kier molecular flexibility index (Phi) is 4.57. The number of rotatable bonds is 4. The van der Waals surface area contributed by atoms with Crippen molar-refractivity contribution in [2.24, 2.45) is 0 Å². The summed E-state index contributed by atoms with van der Waals surface area (Å²) in [6, 6.07) is 11.7. The van der Waals surface area contributed by atoms with Gasteiger partial charge in [0.05, 0.1) is 7.11 Å². The number of benzene rings is 2. The molecule has 0 saturated heterocycles. The third-order valence-electron chi connectivity index (χ3n) is 3.52. The quantitative estimate of drug-likeness (QED) is 0.758. The van der Waals surface area contributed by atoms with E-state index in [4.69, 9.17) is 4.74 Å². The predicted molar refractivity (Wildman–Crippen MR) is 93.2 cm³/mol. The number of nitrogens with zero attached hydrogens (tertiary/aromatic N) is 1. The number of anilines is 1. The van der Waals surface area contributed by atoms with Gasteiger partial charge in [0.15, 0.2) is 0 Å². The summed E-state index contributed by atoms with van der Waals surface area (Å²) in [5, 5.41) is 5.11. The summed E-state index contributed by atoms with van der Waals surface area (Å²) in [6.45, 7) is 1.80. The Hall–Kier alpha value is -2.73. The maximum atomic E-state index is 13.3. The zero-order valence-electron chi connectivity index (χ0n) is 13.2. The van der Waals surface area contributed by atoms with Gasteiger partial charge in [0.2, 0.25) is 0 Å². The second-order valence-corrected chi connectivity index (χ2v) is 6.04. The van der Waals surface area contributed by atoms with Crippen molar-refractivity contribution >= 4 is 22.9 Å². The van der Waals surface area contributed by atoms with Gasteiger partial charge in [0.25, 0.3) is 5.91 Å². The summed E-state index contributed by atoms with van der Waals surface area (Å²) in [5.74, 6) is 0.00247. The van der Waals surface area contributed by atoms with Crippen LogP contribution in [-0.2, 0) is 0 Å². The third-order valence-corrected chi connectivity index (χ3v) is 4.41. The van der Waals surface area contributed by atoms with Crippen molar-refractivity contribution in [1.82, 2.24) is 4.98 Å². The maximum absolute atomic E-state index is 13.3. The van der Waals surface area contributed by atoms with Gasteiger partial charge in [-0.25, -0.2) is 9.37 Å². The van der Waals surface area contributed by atoms with E-state index < -0.39 is 5.82 Å². The molecule has 1 N–H and O–H groups in total. The molecule has 1 amide bonds. The summed E-state index contributed by atoms with van der Waals surface area (Å²) in [4.78, 5) is 16.7. The number of thiazole rings is 1. The predicted octanol–water partition coefficient (Wildman–Crippen LogP) is 4.52. The van der Waals surface area contributed by atoms with Gasteiger partial charge in [-0.05, 0) is 48.9 Å². The molecule has 0 atom stereocenters. The number of halogens is 1. The van der Waals surface area contributed by atoms with Crippen LogP contribution in [0.2, 0.25) is 0 Å². The monoisotopic (exact) mass is 342 g/mol. The summed E-state index contributed by atoms with van der Waals surface area (Å²) in [7, 11) is 1.61. The van der Waals surface area contributed by atoms with Crippen molar-refractivity contribution in [2.75, 3.05) is 12.4 Å². The molecule has 0 fully saturated rings. The molecule has 122 valence electrons. The molecule has 2 aromatic carbocycles. The van der Waals surface area contributed by atoms with E-state index in [-0.39, 0.29) is 5.91 Å². The van der Waals surface area contributed by atoms with E-state index in [1.54, 1.807) is 25.5 Å². The summed E-state index contributed by atoms with van der Waals surface area (Å²) < 4.78 is 18.4. The number of ether oxygens (including phenoxy) is 1. The first-order chi connectivity index (χ1) is 11.6. The van der Waals surface area contributed by atoms with Crippen LogP contribution in [0.15, 0.2) is 47.8 Å². The fourth-order valence-electron chi connectivity index (χ4n) is 2.16. The van der Waals surface area contributed by atoms with Crippen LogP contribution >= 0.6 is 11.3 Å². The van der Waals surface area contributed by atoms with E-state index >= 15 is 0 Å². The molecule has 0 unspecified atom stereocenters. The highest BCUT2D eigenvalue weighted by Crippen LogP contribution is 2.26. The Bertz CT molecular complexity index is 875.